The minimum atomic E-state index is -0.591. The molecule has 0 spiro atoms. The number of benzene rings is 1. The lowest BCUT2D eigenvalue weighted by molar-refractivity contribution is -0.121. The number of piperidine rings is 1. The van der Waals surface area contributed by atoms with Crippen LogP contribution in [-0.2, 0) is 4.79 Å². The molecule has 0 bridgehead atoms. The summed E-state index contributed by atoms with van der Waals surface area (Å²) in [5.74, 6) is -0.611. The van der Waals surface area contributed by atoms with E-state index in [2.05, 4.69) is 17.2 Å². The summed E-state index contributed by atoms with van der Waals surface area (Å²) < 4.78 is 13.3. The van der Waals surface area contributed by atoms with Crippen LogP contribution in [0, 0.1) is 5.82 Å². The highest BCUT2D eigenvalue weighted by Gasteiger charge is 2.30. The van der Waals surface area contributed by atoms with Gasteiger partial charge >= 0.3 is 6.03 Å². The predicted octanol–water partition coefficient (Wildman–Crippen LogP) is 1.81. The zero-order valence-electron chi connectivity index (χ0n) is 11.6. The van der Waals surface area contributed by atoms with Crippen LogP contribution >= 0.6 is 0 Å². The number of hydrogen-bond donors (Lipinski definition) is 2. The summed E-state index contributed by atoms with van der Waals surface area (Å²) in [5.41, 5.74) is 0.512. The van der Waals surface area contributed by atoms with Gasteiger partial charge in [0.15, 0.2) is 0 Å². The van der Waals surface area contributed by atoms with E-state index in [1.165, 1.54) is 17.0 Å². The van der Waals surface area contributed by atoms with E-state index < -0.39 is 12.1 Å². The Hall–Kier alpha value is -2.37. The SMILES string of the molecule is C=CCNC(=O)NC1CCCN(c2cccc(F)c2)C1=O. The molecule has 112 valence electrons. The van der Waals surface area contributed by atoms with Gasteiger partial charge < -0.3 is 15.5 Å². The molecule has 1 aromatic carbocycles. The van der Waals surface area contributed by atoms with Crippen LogP contribution in [0.4, 0.5) is 14.9 Å². The van der Waals surface area contributed by atoms with Gasteiger partial charge in [-0.1, -0.05) is 12.1 Å². The van der Waals surface area contributed by atoms with Crippen molar-refractivity contribution in [2.75, 3.05) is 18.0 Å². The van der Waals surface area contributed by atoms with Crippen molar-refractivity contribution in [1.82, 2.24) is 10.6 Å². The Balaban J connectivity index is 2.04. The van der Waals surface area contributed by atoms with Gasteiger partial charge in [-0.2, -0.15) is 0 Å². The molecule has 1 fully saturated rings. The second kappa shape index (κ2) is 6.88. The van der Waals surface area contributed by atoms with E-state index in [4.69, 9.17) is 0 Å². The molecule has 1 aliphatic heterocycles. The molecule has 3 amide bonds. The third kappa shape index (κ3) is 3.81. The highest BCUT2D eigenvalue weighted by Crippen LogP contribution is 2.21. The lowest BCUT2D eigenvalue weighted by Crippen LogP contribution is -2.54. The second-order valence-corrected chi connectivity index (χ2v) is 4.81. The molecule has 1 aromatic rings. The predicted molar refractivity (Wildman–Crippen MR) is 78.5 cm³/mol. The number of hydrogen-bond acceptors (Lipinski definition) is 2. The lowest BCUT2D eigenvalue weighted by atomic mass is 10.0. The van der Waals surface area contributed by atoms with E-state index in [1.54, 1.807) is 18.2 Å². The van der Waals surface area contributed by atoms with Crippen LogP contribution in [-0.4, -0.2) is 31.1 Å². The number of anilines is 1. The van der Waals surface area contributed by atoms with Gasteiger partial charge in [-0.05, 0) is 31.0 Å². The molecule has 6 heteroatoms. The maximum Gasteiger partial charge on any atom is 0.315 e. The number of carbonyl (C=O) groups is 2. The Labute approximate surface area is 122 Å². The molecule has 1 unspecified atom stereocenters. The van der Waals surface area contributed by atoms with Crippen LogP contribution in [0.25, 0.3) is 0 Å². The molecule has 0 aromatic heterocycles. The minimum Gasteiger partial charge on any atom is -0.335 e. The second-order valence-electron chi connectivity index (χ2n) is 4.81. The summed E-state index contributed by atoms with van der Waals surface area (Å²) in [6.07, 6.45) is 2.88. The Morgan fingerprint density at radius 3 is 3.05 bits per heavy atom. The standard InChI is InChI=1S/C15H18FN3O2/c1-2-8-17-15(21)18-13-7-4-9-19(14(13)20)12-6-3-5-11(16)10-12/h2-3,5-6,10,13H,1,4,7-9H2,(H2,17,18,21). The highest BCUT2D eigenvalue weighted by atomic mass is 19.1. The van der Waals surface area contributed by atoms with Crippen LogP contribution in [0.2, 0.25) is 0 Å². The van der Waals surface area contributed by atoms with Gasteiger partial charge in [0, 0.05) is 18.8 Å². The Kier molecular flexibility index (Phi) is 4.92. The zero-order chi connectivity index (χ0) is 15.2. The summed E-state index contributed by atoms with van der Waals surface area (Å²) >= 11 is 0. The number of halogens is 1. The summed E-state index contributed by atoms with van der Waals surface area (Å²) in [6.45, 7) is 4.36. The van der Waals surface area contributed by atoms with Crippen LogP contribution in [0.5, 0.6) is 0 Å². The van der Waals surface area contributed by atoms with Gasteiger partial charge in [0.1, 0.15) is 11.9 Å². The number of amides is 3. The average molecular weight is 291 g/mol. The molecule has 21 heavy (non-hydrogen) atoms. The van der Waals surface area contributed by atoms with Crippen molar-refractivity contribution in [1.29, 1.82) is 0 Å². The molecule has 1 aliphatic rings. The number of rotatable bonds is 4. The molecule has 0 radical (unpaired) electrons. The molecule has 5 nitrogen and oxygen atoms in total. The van der Waals surface area contributed by atoms with Crippen LogP contribution in [0.15, 0.2) is 36.9 Å². The molecule has 0 aliphatic carbocycles. The van der Waals surface area contributed by atoms with E-state index in [0.29, 0.717) is 25.2 Å². The Morgan fingerprint density at radius 1 is 1.52 bits per heavy atom. The van der Waals surface area contributed by atoms with Crippen molar-refractivity contribution in [3.63, 3.8) is 0 Å². The van der Waals surface area contributed by atoms with E-state index in [0.717, 1.165) is 6.42 Å². The monoisotopic (exact) mass is 291 g/mol. The zero-order valence-corrected chi connectivity index (χ0v) is 11.6. The molecule has 1 atom stereocenters. The van der Waals surface area contributed by atoms with Crippen molar-refractivity contribution in [2.24, 2.45) is 0 Å². The van der Waals surface area contributed by atoms with E-state index >= 15 is 0 Å². The first-order valence-corrected chi connectivity index (χ1v) is 6.84. The van der Waals surface area contributed by atoms with Crippen molar-refractivity contribution >= 4 is 17.6 Å². The molecule has 1 saturated heterocycles. The van der Waals surface area contributed by atoms with Gasteiger partial charge in [-0.25, -0.2) is 9.18 Å². The number of urea groups is 1. The topological polar surface area (TPSA) is 61.4 Å². The van der Waals surface area contributed by atoms with Gasteiger partial charge in [0.25, 0.3) is 0 Å². The summed E-state index contributed by atoms with van der Waals surface area (Å²) in [6, 6.07) is 4.89. The van der Waals surface area contributed by atoms with Crippen molar-refractivity contribution in [3.05, 3.63) is 42.7 Å². The number of carbonyl (C=O) groups excluding carboxylic acids is 2. The smallest absolute Gasteiger partial charge is 0.315 e. The first kappa shape index (κ1) is 15.0. The maximum atomic E-state index is 13.3. The third-order valence-corrected chi connectivity index (χ3v) is 3.27. The Morgan fingerprint density at radius 2 is 2.33 bits per heavy atom. The van der Waals surface area contributed by atoms with Crippen molar-refractivity contribution in [2.45, 2.75) is 18.9 Å². The largest absolute Gasteiger partial charge is 0.335 e. The lowest BCUT2D eigenvalue weighted by Gasteiger charge is -2.32. The van der Waals surface area contributed by atoms with E-state index in [9.17, 15) is 14.0 Å². The molecule has 2 rings (SSSR count). The molecule has 1 heterocycles. The van der Waals surface area contributed by atoms with Gasteiger partial charge in [-0.3, -0.25) is 4.79 Å². The summed E-state index contributed by atoms with van der Waals surface area (Å²) in [4.78, 5) is 25.5. The normalized spacial score (nSPS) is 18.2. The van der Waals surface area contributed by atoms with Crippen molar-refractivity contribution in [3.8, 4) is 0 Å². The van der Waals surface area contributed by atoms with E-state index in [-0.39, 0.29) is 11.7 Å². The van der Waals surface area contributed by atoms with E-state index in [1.807, 2.05) is 0 Å². The average Bonchev–Trinajstić information content (AvgIpc) is 2.47. The first-order chi connectivity index (χ1) is 10.1. The van der Waals surface area contributed by atoms with Gasteiger partial charge in [0.2, 0.25) is 5.91 Å². The van der Waals surface area contributed by atoms with Crippen LogP contribution in [0.1, 0.15) is 12.8 Å². The van der Waals surface area contributed by atoms with Gasteiger partial charge in [0.05, 0.1) is 0 Å². The third-order valence-electron chi connectivity index (χ3n) is 3.27. The number of nitrogens with one attached hydrogen (secondary N) is 2. The fourth-order valence-corrected chi connectivity index (χ4v) is 2.28. The van der Waals surface area contributed by atoms with Crippen LogP contribution < -0.4 is 15.5 Å². The quantitative estimate of drug-likeness (QED) is 0.831. The highest BCUT2D eigenvalue weighted by molar-refractivity contribution is 5.99. The fourth-order valence-electron chi connectivity index (χ4n) is 2.28. The Bertz CT molecular complexity index is 547. The summed E-state index contributed by atoms with van der Waals surface area (Å²) in [7, 11) is 0. The molecular weight excluding hydrogens is 273 g/mol. The number of nitrogens with zero attached hydrogens (tertiary/aromatic N) is 1. The molecular formula is C15H18FN3O2. The molecule has 2 N–H and O–H groups in total. The minimum absolute atomic E-state index is 0.222. The van der Waals surface area contributed by atoms with Crippen molar-refractivity contribution < 1.29 is 14.0 Å². The summed E-state index contributed by atoms with van der Waals surface area (Å²) in [5, 5.41) is 5.20. The maximum absolute atomic E-state index is 13.3. The van der Waals surface area contributed by atoms with Crippen LogP contribution in [0.3, 0.4) is 0 Å². The molecule has 0 saturated carbocycles. The first-order valence-electron chi connectivity index (χ1n) is 6.84. The van der Waals surface area contributed by atoms with Gasteiger partial charge in [-0.15, -0.1) is 6.58 Å². The fraction of sp³-hybridized carbons (Fsp3) is 0.333.